The van der Waals surface area contributed by atoms with E-state index in [1.807, 2.05) is 38.1 Å². The maximum atomic E-state index is 4.30. The van der Waals surface area contributed by atoms with Gasteiger partial charge in [0.2, 0.25) is 0 Å². The monoisotopic (exact) mass is 343 g/mol. The van der Waals surface area contributed by atoms with E-state index >= 15 is 0 Å². The van der Waals surface area contributed by atoms with Crippen LogP contribution in [-0.2, 0) is 6.54 Å². The summed E-state index contributed by atoms with van der Waals surface area (Å²) in [6, 6.07) is 6.04. The van der Waals surface area contributed by atoms with Crippen LogP contribution in [0.25, 0.3) is 11.0 Å². The molecule has 0 aliphatic heterocycles. The summed E-state index contributed by atoms with van der Waals surface area (Å²) in [4.78, 5) is 12.5. The molecule has 0 atom stereocenters. The van der Waals surface area contributed by atoms with Crippen LogP contribution < -0.4 is 29.5 Å². The van der Waals surface area contributed by atoms with Crippen LogP contribution in [0.2, 0.25) is 0 Å². The van der Waals surface area contributed by atoms with E-state index in [-0.39, 0.29) is 18.9 Å². The predicted octanol–water partition coefficient (Wildman–Crippen LogP) is 0.279. The van der Waals surface area contributed by atoms with Gasteiger partial charge in [-0.25, -0.2) is 6.08 Å². The summed E-state index contributed by atoms with van der Waals surface area (Å²) in [6.07, 6.45) is 8.37. The zero-order chi connectivity index (χ0) is 18.5. The van der Waals surface area contributed by atoms with E-state index in [0.29, 0.717) is 6.54 Å². The first-order valence-electron chi connectivity index (χ1n) is 8.11. The van der Waals surface area contributed by atoms with Crippen LogP contribution in [0.15, 0.2) is 53.1 Å². The van der Waals surface area contributed by atoms with Gasteiger partial charge in [-0.15, -0.1) is 18.8 Å². The summed E-state index contributed by atoms with van der Waals surface area (Å²) < 4.78 is 0. The van der Waals surface area contributed by atoms with Gasteiger partial charge in [-0.05, 0) is 24.4 Å². The fraction of sp³-hybridized carbons (Fsp3) is 0.250. The van der Waals surface area contributed by atoms with Crippen molar-refractivity contribution in [2.24, 2.45) is 4.99 Å². The molecule has 1 aromatic carbocycles. The summed E-state index contributed by atoms with van der Waals surface area (Å²) in [6.45, 7) is 16.6. The Balaban J connectivity index is 0.000000923. The first-order valence-corrected chi connectivity index (χ1v) is 8.11. The second kappa shape index (κ2) is 14.3. The van der Waals surface area contributed by atoms with Gasteiger partial charge in [0.25, 0.3) is 0 Å². The van der Waals surface area contributed by atoms with Crippen molar-refractivity contribution >= 4 is 17.8 Å². The summed E-state index contributed by atoms with van der Waals surface area (Å²) >= 11 is 0. The van der Waals surface area contributed by atoms with E-state index in [1.54, 1.807) is 12.4 Å². The molecule has 0 bridgehead atoms. The van der Waals surface area contributed by atoms with E-state index < -0.39 is 0 Å². The molecular weight excluding hydrogens is 317 g/mol. The van der Waals surface area contributed by atoms with Crippen molar-refractivity contribution in [3.63, 3.8) is 0 Å². The molecule has 0 aliphatic carbocycles. The Hall–Kier alpha value is -1.93. The van der Waals surface area contributed by atoms with Crippen molar-refractivity contribution in [1.82, 2.24) is 20.6 Å². The average Bonchev–Trinajstić information content (AvgIpc) is 2.65. The van der Waals surface area contributed by atoms with Crippen molar-refractivity contribution in [3.05, 3.63) is 73.5 Å². The first kappa shape index (κ1) is 24.1. The number of aromatic nitrogens is 2. The van der Waals surface area contributed by atoms with Gasteiger partial charge < -0.3 is 29.5 Å². The smallest absolute Gasteiger partial charge is 0.412 e. The van der Waals surface area contributed by atoms with Crippen LogP contribution in [0.4, 0.5) is 0 Å². The number of fused-ring (bicyclic) bond motifs is 1. The van der Waals surface area contributed by atoms with Crippen molar-refractivity contribution in [2.75, 3.05) is 13.1 Å². The van der Waals surface area contributed by atoms with Crippen molar-refractivity contribution in [3.8, 4) is 0 Å². The number of hydrogen-bond donors (Lipinski definition) is 2. The zero-order valence-electron chi connectivity index (χ0n) is 16.0. The third-order valence-corrected chi connectivity index (χ3v) is 3.24. The van der Waals surface area contributed by atoms with Gasteiger partial charge in [0.15, 0.2) is 0 Å². The average molecular weight is 343 g/mol. The first-order chi connectivity index (χ1) is 12.2. The van der Waals surface area contributed by atoms with Gasteiger partial charge in [0.05, 0.1) is 11.0 Å². The Morgan fingerprint density at radius 3 is 2.42 bits per heavy atom. The van der Waals surface area contributed by atoms with E-state index in [2.05, 4.69) is 52.2 Å². The Morgan fingerprint density at radius 1 is 1.23 bits per heavy atom. The Labute approximate surface area is 169 Å². The number of aliphatic imine (C=N–C) groups is 1. The van der Waals surface area contributed by atoms with Crippen molar-refractivity contribution < 1.29 is 18.9 Å². The molecule has 0 saturated heterocycles. The standard InChI is InChI=1S/C16H17N4.C4H9N.Li/c1-4-5-14(12(2)17-3)20-11-13-6-7-15-16(10-13)19-9-8-18-15;1-3-5-4-2;/h4,6-10,20H,3,11H2,1-2H3;5H,1-4H2;/q-1;-2;+1/b14-12+;;. The van der Waals surface area contributed by atoms with Crippen LogP contribution in [0.1, 0.15) is 19.4 Å². The number of nitrogens with one attached hydrogen (secondary N) is 2. The number of hydrogen-bond acceptors (Lipinski definition) is 5. The second-order valence-corrected chi connectivity index (χ2v) is 5.03. The predicted molar refractivity (Wildman–Crippen MR) is 106 cm³/mol. The van der Waals surface area contributed by atoms with Crippen LogP contribution in [0.5, 0.6) is 0 Å². The zero-order valence-corrected chi connectivity index (χ0v) is 16.0. The maximum Gasteiger partial charge on any atom is 1.00 e. The minimum absolute atomic E-state index is 0. The van der Waals surface area contributed by atoms with Crippen molar-refractivity contribution in [2.45, 2.75) is 20.4 Å². The van der Waals surface area contributed by atoms with E-state index in [1.165, 1.54) is 0 Å². The molecule has 0 saturated carbocycles. The fourth-order valence-electron chi connectivity index (χ4n) is 1.94. The van der Waals surface area contributed by atoms with Gasteiger partial charge in [-0.2, -0.15) is 6.08 Å². The van der Waals surface area contributed by atoms with Gasteiger partial charge >= 0.3 is 18.9 Å². The Kier molecular flexibility index (Phi) is 13.2. The Morgan fingerprint density at radius 2 is 1.88 bits per heavy atom. The SMILES string of the molecule is C=N/C(C)=C(\[C-]=CC)NCc1ccc2nccnc2c1.[CH2-]CNC[CH2-].[Li+]. The Bertz CT molecular complexity index is 723. The van der Waals surface area contributed by atoms with Gasteiger partial charge in [0.1, 0.15) is 0 Å². The van der Waals surface area contributed by atoms with Crippen LogP contribution >= 0.6 is 0 Å². The molecule has 2 aromatic rings. The molecule has 0 fully saturated rings. The molecule has 0 spiro atoms. The number of benzene rings is 1. The third kappa shape index (κ3) is 8.44. The minimum Gasteiger partial charge on any atom is -0.412 e. The molecule has 2 rings (SSSR count). The molecule has 1 heterocycles. The molecule has 134 valence electrons. The molecule has 26 heavy (non-hydrogen) atoms. The maximum absolute atomic E-state index is 4.30. The quantitative estimate of drug-likeness (QED) is 0.328. The summed E-state index contributed by atoms with van der Waals surface area (Å²) in [5.41, 5.74) is 4.59. The normalized spacial score (nSPS) is 11.2. The molecule has 2 N–H and O–H groups in total. The van der Waals surface area contributed by atoms with Crippen molar-refractivity contribution in [1.29, 1.82) is 0 Å². The summed E-state index contributed by atoms with van der Waals surface area (Å²) in [5, 5.41) is 6.20. The third-order valence-electron chi connectivity index (χ3n) is 3.24. The summed E-state index contributed by atoms with van der Waals surface area (Å²) in [5.74, 6) is 0. The van der Waals surface area contributed by atoms with Gasteiger partial charge in [-0.1, -0.05) is 25.6 Å². The molecule has 0 amide bonds. The van der Waals surface area contributed by atoms with Crippen LogP contribution in [0.3, 0.4) is 0 Å². The number of rotatable bonds is 7. The van der Waals surface area contributed by atoms with Crippen LogP contribution in [-0.4, -0.2) is 29.8 Å². The second-order valence-electron chi connectivity index (χ2n) is 5.03. The summed E-state index contributed by atoms with van der Waals surface area (Å²) in [7, 11) is 0. The largest absolute Gasteiger partial charge is 1.00 e. The molecular formula is C20H26LiN5-2. The molecule has 0 radical (unpaired) electrons. The van der Waals surface area contributed by atoms with Gasteiger partial charge in [-0.3, -0.25) is 9.97 Å². The molecule has 0 aliphatic rings. The molecule has 5 nitrogen and oxygen atoms in total. The fourth-order valence-corrected chi connectivity index (χ4v) is 1.94. The van der Waals surface area contributed by atoms with E-state index in [0.717, 1.165) is 41.1 Å². The number of nitrogens with zero attached hydrogens (tertiary/aromatic N) is 3. The topological polar surface area (TPSA) is 62.2 Å². The molecule has 0 unspecified atom stereocenters. The minimum atomic E-state index is 0. The number of allylic oxidation sites excluding steroid dienone is 3. The van der Waals surface area contributed by atoms with E-state index in [4.69, 9.17) is 0 Å². The van der Waals surface area contributed by atoms with E-state index in [9.17, 15) is 0 Å². The molecule has 6 heteroatoms. The van der Waals surface area contributed by atoms with Gasteiger partial charge in [0, 0.05) is 18.9 Å². The molecule has 1 aromatic heterocycles. The van der Waals surface area contributed by atoms with Crippen LogP contribution in [0, 0.1) is 19.9 Å².